The molecule has 1 aromatic heterocycles. The van der Waals surface area contributed by atoms with Crippen LogP contribution >= 0.6 is 11.6 Å². The minimum atomic E-state index is -4.62. The fraction of sp³-hybridized carbons (Fsp3) is 0.538. The van der Waals surface area contributed by atoms with Gasteiger partial charge in [0.05, 0.1) is 5.56 Å². The fourth-order valence-electron chi connectivity index (χ4n) is 2.37. The third-order valence-electron chi connectivity index (χ3n) is 3.40. The van der Waals surface area contributed by atoms with E-state index < -0.39 is 34.8 Å². The molecule has 1 aliphatic rings. The molecule has 4 nitrogen and oxygen atoms in total. The summed E-state index contributed by atoms with van der Waals surface area (Å²) in [6.07, 6.45) is -0.280. The Morgan fingerprint density at radius 1 is 1.38 bits per heavy atom. The maximum absolute atomic E-state index is 12.7. The number of hydrogen-bond donors (Lipinski definition) is 1. The average Bonchev–Trinajstić information content (AvgIpc) is 2.86. The first-order valence-electron chi connectivity index (χ1n) is 6.54. The summed E-state index contributed by atoms with van der Waals surface area (Å²) in [5, 5.41) is 2.15. The molecule has 116 valence electrons. The van der Waals surface area contributed by atoms with E-state index in [1.165, 1.54) is 0 Å². The van der Waals surface area contributed by atoms with Crippen LogP contribution in [0.15, 0.2) is 17.1 Å². The first kappa shape index (κ1) is 15.9. The van der Waals surface area contributed by atoms with Crippen molar-refractivity contribution in [2.75, 3.05) is 0 Å². The van der Waals surface area contributed by atoms with Crippen LogP contribution in [0.3, 0.4) is 0 Å². The maximum atomic E-state index is 12.7. The molecule has 1 N–H and O–H groups in total. The van der Waals surface area contributed by atoms with Crippen LogP contribution in [0.25, 0.3) is 0 Å². The standard InChI is InChI=1S/C13H14ClF3N2O2/c14-10-5-8(13(15,16)17)6-19(12(10)21)7-11(20)18-9-3-1-2-4-9/h5-6,9H,1-4,7H2,(H,18,20). The van der Waals surface area contributed by atoms with Gasteiger partial charge < -0.3 is 9.88 Å². The largest absolute Gasteiger partial charge is 0.417 e. The Morgan fingerprint density at radius 3 is 2.57 bits per heavy atom. The van der Waals surface area contributed by atoms with Crippen molar-refractivity contribution in [1.29, 1.82) is 0 Å². The quantitative estimate of drug-likeness (QED) is 0.930. The number of halogens is 4. The van der Waals surface area contributed by atoms with E-state index in [-0.39, 0.29) is 6.04 Å². The zero-order valence-electron chi connectivity index (χ0n) is 11.0. The van der Waals surface area contributed by atoms with Gasteiger partial charge in [0.25, 0.3) is 5.56 Å². The highest BCUT2D eigenvalue weighted by atomic mass is 35.5. The molecule has 0 radical (unpaired) electrons. The van der Waals surface area contributed by atoms with Crippen LogP contribution < -0.4 is 10.9 Å². The van der Waals surface area contributed by atoms with Crippen molar-refractivity contribution in [2.45, 2.75) is 44.4 Å². The SMILES string of the molecule is O=C(Cn1cc(C(F)(F)F)cc(Cl)c1=O)NC1CCCC1. The average molecular weight is 323 g/mol. The number of nitrogens with one attached hydrogen (secondary N) is 1. The van der Waals surface area contributed by atoms with E-state index in [0.717, 1.165) is 25.7 Å². The molecular weight excluding hydrogens is 309 g/mol. The lowest BCUT2D eigenvalue weighted by Gasteiger charge is -2.14. The summed E-state index contributed by atoms with van der Waals surface area (Å²) in [6, 6.07) is 0.601. The van der Waals surface area contributed by atoms with Crippen LogP contribution in [0.4, 0.5) is 13.2 Å². The van der Waals surface area contributed by atoms with Gasteiger partial charge in [-0.3, -0.25) is 9.59 Å². The summed E-state index contributed by atoms with van der Waals surface area (Å²) < 4.78 is 38.7. The summed E-state index contributed by atoms with van der Waals surface area (Å²) in [5.74, 6) is -0.487. The smallest absolute Gasteiger partial charge is 0.352 e. The third-order valence-corrected chi connectivity index (χ3v) is 3.67. The number of nitrogens with zero attached hydrogens (tertiary/aromatic N) is 1. The van der Waals surface area contributed by atoms with Gasteiger partial charge in [-0.15, -0.1) is 0 Å². The highest BCUT2D eigenvalue weighted by Gasteiger charge is 2.32. The van der Waals surface area contributed by atoms with Crippen molar-refractivity contribution < 1.29 is 18.0 Å². The van der Waals surface area contributed by atoms with Crippen molar-refractivity contribution in [3.8, 4) is 0 Å². The normalized spacial score (nSPS) is 16.2. The van der Waals surface area contributed by atoms with Gasteiger partial charge in [-0.1, -0.05) is 24.4 Å². The number of aromatic nitrogens is 1. The highest BCUT2D eigenvalue weighted by molar-refractivity contribution is 6.30. The van der Waals surface area contributed by atoms with Gasteiger partial charge >= 0.3 is 6.18 Å². The Balaban J connectivity index is 2.16. The molecule has 2 rings (SSSR count). The number of alkyl halides is 3. The molecule has 21 heavy (non-hydrogen) atoms. The predicted molar refractivity (Wildman–Crippen MR) is 71.1 cm³/mol. The van der Waals surface area contributed by atoms with Gasteiger partial charge in [-0.25, -0.2) is 0 Å². The molecule has 0 aliphatic heterocycles. The van der Waals surface area contributed by atoms with E-state index in [9.17, 15) is 22.8 Å². The predicted octanol–water partition coefficient (Wildman–Crippen LogP) is 2.58. The summed E-state index contributed by atoms with van der Waals surface area (Å²) >= 11 is 5.51. The molecule has 1 aromatic rings. The zero-order chi connectivity index (χ0) is 15.6. The van der Waals surface area contributed by atoms with E-state index in [2.05, 4.69) is 5.32 Å². The molecule has 0 spiro atoms. The third kappa shape index (κ3) is 4.00. The van der Waals surface area contributed by atoms with Crippen molar-refractivity contribution in [2.24, 2.45) is 0 Å². The summed E-state index contributed by atoms with van der Waals surface area (Å²) in [5.41, 5.74) is -1.87. The lowest BCUT2D eigenvalue weighted by molar-refractivity contribution is -0.138. The minimum Gasteiger partial charge on any atom is -0.352 e. The van der Waals surface area contributed by atoms with E-state index in [1.54, 1.807) is 0 Å². The van der Waals surface area contributed by atoms with Gasteiger partial charge in [-0.05, 0) is 18.9 Å². The first-order valence-corrected chi connectivity index (χ1v) is 6.91. The topological polar surface area (TPSA) is 51.1 Å². The number of pyridine rings is 1. The van der Waals surface area contributed by atoms with Crippen LogP contribution in [0.1, 0.15) is 31.2 Å². The summed E-state index contributed by atoms with van der Waals surface area (Å²) in [4.78, 5) is 23.5. The van der Waals surface area contributed by atoms with Crippen molar-refractivity contribution in [3.05, 3.63) is 33.2 Å². The molecule has 1 fully saturated rings. The fourth-order valence-corrected chi connectivity index (χ4v) is 2.60. The second-order valence-electron chi connectivity index (χ2n) is 5.06. The van der Waals surface area contributed by atoms with Crippen molar-refractivity contribution >= 4 is 17.5 Å². The number of rotatable bonds is 3. The van der Waals surface area contributed by atoms with Crippen molar-refractivity contribution in [3.63, 3.8) is 0 Å². The Morgan fingerprint density at radius 2 is 2.00 bits per heavy atom. The molecular formula is C13H14ClF3N2O2. The number of carbonyl (C=O) groups is 1. The molecule has 0 unspecified atom stereocenters. The second-order valence-corrected chi connectivity index (χ2v) is 5.46. The lowest BCUT2D eigenvalue weighted by Crippen LogP contribution is -2.37. The zero-order valence-corrected chi connectivity index (χ0v) is 11.8. The number of carbonyl (C=O) groups excluding carboxylic acids is 1. The Kier molecular flexibility index (Phi) is 4.61. The Labute approximate surface area is 123 Å². The van der Waals surface area contributed by atoms with Crippen LogP contribution in [0.2, 0.25) is 5.02 Å². The van der Waals surface area contributed by atoms with Gasteiger partial charge in [0, 0.05) is 12.2 Å². The maximum Gasteiger partial charge on any atom is 0.417 e. The van der Waals surface area contributed by atoms with Crippen LogP contribution in [0, 0.1) is 0 Å². The number of amides is 1. The molecule has 0 atom stereocenters. The minimum absolute atomic E-state index is 0.0365. The van der Waals surface area contributed by atoms with E-state index in [4.69, 9.17) is 11.6 Å². The van der Waals surface area contributed by atoms with E-state index >= 15 is 0 Å². The second kappa shape index (κ2) is 6.09. The van der Waals surface area contributed by atoms with E-state index in [1.807, 2.05) is 0 Å². The molecule has 0 saturated heterocycles. The number of hydrogen-bond acceptors (Lipinski definition) is 2. The molecule has 1 heterocycles. The molecule has 1 saturated carbocycles. The van der Waals surface area contributed by atoms with Gasteiger partial charge in [-0.2, -0.15) is 13.2 Å². The van der Waals surface area contributed by atoms with Crippen LogP contribution in [-0.4, -0.2) is 16.5 Å². The van der Waals surface area contributed by atoms with Crippen molar-refractivity contribution in [1.82, 2.24) is 9.88 Å². The van der Waals surface area contributed by atoms with Gasteiger partial charge in [0.1, 0.15) is 11.6 Å². The Hall–Kier alpha value is -1.50. The summed E-state index contributed by atoms with van der Waals surface area (Å²) in [7, 11) is 0. The highest BCUT2D eigenvalue weighted by Crippen LogP contribution is 2.29. The van der Waals surface area contributed by atoms with Gasteiger partial charge in [0.15, 0.2) is 0 Å². The molecule has 0 bridgehead atoms. The molecule has 8 heteroatoms. The van der Waals surface area contributed by atoms with E-state index in [0.29, 0.717) is 16.8 Å². The Bertz CT molecular complexity index is 592. The monoisotopic (exact) mass is 322 g/mol. The van der Waals surface area contributed by atoms with Gasteiger partial charge in [0.2, 0.25) is 5.91 Å². The molecule has 1 aliphatic carbocycles. The lowest BCUT2D eigenvalue weighted by atomic mass is 10.2. The molecule has 1 amide bonds. The first-order chi connectivity index (χ1) is 9.77. The van der Waals surface area contributed by atoms with Crippen LogP contribution in [-0.2, 0) is 17.5 Å². The summed E-state index contributed by atoms with van der Waals surface area (Å²) in [6.45, 7) is -0.473. The molecule has 0 aromatic carbocycles. The van der Waals surface area contributed by atoms with Crippen LogP contribution in [0.5, 0.6) is 0 Å².